The van der Waals surface area contributed by atoms with Crippen LogP contribution in [-0.4, -0.2) is 37.2 Å². The molecule has 0 heterocycles. The maximum absolute atomic E-state index is 12.9. The molecule has 6 heteroatoms. The second-order valence-corrected chi connectivity index (χ2v) is 21.7. The van der Waals surface area contributed by atoms with Gasteiger partial charge < -0.3 is 14.2 Å². The lowest BCUT2D eigenvalue weighted by atomic mass is 10.0. The second kappa shape index (κ2) is 61.9. The first kappa shape index (κ1) is 70.4. The minimum Gasteiger partial charge on any atom is -0.462 e. The quantitative estimate of drug-likeness (QED) is 0.0261. The first-order chi connectivity index (χ1) is 36.0. The summed E-state index contributed by atoms with van der Waals surface area (Å²) in [5.41, 5.74) is 0. The smallest absolute Gasteiger partial charge is 0.306 e. The molecule has 0 aromatic carbocycles. The molecule has 0 N–H and O–H groups in total. The van der Waals surface area contributed by atoms with Gasteiger partial charge in [0.1, 0.15) is 13.2 Å². The molecule has 0 saturated heterocycles. The topological polar surface area (TPSA) is 78.9 Å². The molecule has 6 nitrogen and oxygen atoms in total. The number of esters is 3. The Balaban J connectivity index is 4.14. The Hall–Kier alpha value is -2.63. The lowest BCUT2D eigenvalue weighted by Gasteiger charge is -2.18. The van der Waals surface area contributed by atoms with Crippen molar-refractivity contribution < 1.29 is 28.6 Å². The standard InChI is InChI=1S/C67H122O6/c1-4-7-10-13-16-19-22-25-26-27-28-29-30-31-32-33-34-35-36-37-38-39-40-43-45-48-51-54-57-60-66(69)72-63-64(73-67(70)61-58-55-52-49-46-42-24-21-18-15-12-9-6-3)62-71-65(68)59-56-53-50-47-44-41-23-20-17-14-11-8-5-2/h7,10,16,19,25-26,28-29,64H,4-6,8-9,11-15,17-18,20-24,27,30-63H2,1-3H3/b10-7-,19-16-,26-25-,29-28-. The summed E-state index contributed by atoms with van der Waals surface area (Å²) in [4.78, 5) is 38.2. The summed E-state index contributed by atoms with van der Waals surface area (Å²) in [5.74, 6) is -0.843. The fourth-order valence-corrected chi connectivity index (χ4v) is 9.56. The van der Waals surface area contributed by atoms with Crippen molar-refractivity contribution in [2.75, 3.05) is 13.2 Å². The normalized spacial score (nSPS) is 12.3. The first-order valence-corrected chi connectivity index (χ1v) is 32.1. The molecule has 0 aromatic rings. The third-order valence-corrected chi connectivity index (χ3v) is 14.3. The number of unbranched alkanes of at least 4 members (excludes halogenated alkanes) is 40. The van der Waals surface area contributed by atoms with Gasteiger partial charge in [-0.25, -0.2) is 0 Å². The van der Waals surface area contributed by atoms with Crippen molar-refractivity contribution in [1.82, 2.24) is 0 Å². The number of allylic oxidation sites excluding steroid dienone is 8. The molecular weight excluding hydrogens is 901 g/mol. The van der Waals surface area contributed by atoms with Crippen LogP contribution in [0.15, 0.2) is 48.6 Å². The van der Waals surface area contributed by atoms with Crippen LogP contribution in [0.25, 0.3) is 0 Å². The Morgan fingerprint density at radius 3 is 0.836 bits per heavy atom. The number of hydrogen-bond donors (Lipinski definition) is 0. The van der Waals surface area contributed by atoms with Crippen LogP contribution in [-0.2, 0) is 28.6 Å². The van der Waals surface area contributed by atoms with Crippen LogP contribution in [0.4, 0.5) is 0 Å². The third kappa shape index (κ3) is 60.1. The van der Waals surface area contributed by atoms with Crippen molar-refractivity contribution >= 4 is 17.9 Å². The van der Waals surface area contributed by atoms with Crippen molar-refractivity contribution in [3.05, 3.63) is 48.6 Å². The Labute approximate surface area is 454 Å². The van der Waals surface area contributed by atoms with Crippen molar-refractivity contribution in [2.45, 2.75) is 348 Å². The van der Waals surface area contributed by atoms with Crippen molar-refractivity contribution in [3.8, 4) is 0 Å². The largest absolute Gasteiger partial charge is 0.462 e. The Morgan fingerprint density at radius 2 is 0.534 bits per heavy atom. The first-order valence-electron chi connectivity index (χ1n) is 32.1. The van der Waals surface area contributed by atoms with Crippen LogP contribution >= 0.6 is 0 Å². The predicted octanol–water partition coefficient (Wildman–Crippen LogP) is 21.8. The van der Waals surface area contributed by atoms with Gasteiger partial charge in [0.05, 0.1) is 0 Å². The van der Waals surface area contributed by atoms with Crippen LogP contribution in [0, 0.1) is 0 Å². The Bertz CT molecular complexity index is 1270. The Morgan fingerprint density at radius 1 is 0.288 bits per heavy atom. The minimum atomic E-state index is -0.767. The van der Waals surface area contributed by atoms with Gasteiger partial charge >= 0.3 is 17.9 Å². The van der Waals surface area contributed by atoms with E-state index >= 15 is 0 Å². The zero-order chi connectivity index (χ0) is 52.9. The average Bonchev–Trinajstić information content (AvgIpc) is 3.39. The highest BCUT2D eigenvalue weighted by Gasteiger charge is 2.19. The van der Waals surface area contributed by atoms with Crippen LogP contribution in [0.1, 0.15) is 342 Å². The number of hydrogen-bond acceptors (Lipinski definition) is 6. The van der Waals surface area contributed by atoms with Gasteiger partial charge in [0.25, 0.3) is 0 Å². The van der Waals surface area contributed by atoms with E-state index in [4.69, 9.17) is 14.2 Å². The molecule has 426 valence electrons. The van der Waals surface area contributed by atoms with E-state index in [-0.39, 0.29) is 31.1 Å². The van der Waals surface area contributed by atoms with E-state index in [0.29, 0.717) is 19.3 Å². The summed E-state index contributed by atoms with van der Waals surface area (Å²) < 4.78 is 16.9. The molecule has 1 unspecified atom stereocenters. The molecule has 0 aliphatic carbocycles. The zero-order valence-corrected chi connectivity index (χ0v) is 48.9. The molecular formula is C67H122O6. The van der Waals surface area contributed by atoms with Gasteiger partial charge in [0.15, 0.2) is 6.10 Å². The van der Waals surface area contributed by atoms with Gasteiger partial charge in [-0.2, -0.15) is 0 Å². The highest BCUT2D eigenvalue weighted by molar-refractivity contribution is 5.71. The predicted molar refractivity (Wildman–Crippen MR) is 316 cm³/mol. The van der Waals surface area contributed by atoms with Gasteiger partial charge in [-0.1, -0.05) is 313 Å². The van der Waals surface area contributed by atoms with E-state index in [9.17, 15) is 14.4 Å². The summed E-state index contributed by atoms with van der Waals surface area (Å²) in [7, 11) is 0. The van der Waals surface area contributed by atoms with Gasteiger partial charge in [0, 0.05) is 19.3 Å². The summed E-state index contributed by atoms with van der Waals surface area (Å²) in [5, 5.41) is 0. The molecule has 0 aliphatic rings. The number of carbonyl (C=O) groups excluding carboxylic acids is 3. The van der Waals surface area contributed by atoms with E-state index < -0.39 is 6.10 Å². The SMILES string of the molecule is CC/C=C\C/C=C\C/C=C\C/C=C\CCCCCCCCCCCCCCCCCCC(=O)OCC(COC(=O)CCCCCCCCCCCCCCC)OC(=O)CCCCCCCCCCCCCCC. The van der Waals surface area contributed by atoms with Crippen molar-refractivity contribution in [2.24, 2.45) is 0 Å². The highest BCUT2D eigenvalue weighted by atomic mass is 16.6. The molecule has 0 aliphatic heterocycles. The molecule has 0 amide bonds. The Kier molecular flexibility index (Phi) is 59.7. The fraction of sp³-hybridized carbons (Fsp3) is 0.836. The molecule has 0 aromatic heterocycles. The van der Waals surface area contributed by atoms with Crippen LogP contribution < -0.4 is 0 Å². The zero-order valence-electron chi connectivity index (χ0n) is 48.9. The third-order valence-electron chi connectivity index (χ3n) is 14.3. The van der Waals surface area contributed by atoms with E-state index in [1.54, 1.807) is 0 Å². The van der Waals surface area contributed by atoms with Gasteiger partial charge in [-0.15, -0.1) is 0 Å². The minimum absolute atomic E-state index is 0.0660. The van der Waals surface area contributed by atoms with Crippen LogP contribution in [0.5, 0.6) is 0 Å². The molecule has 0 fully saturated rings. The average molecular weight is 1020 g/mol. The maximum atomic E-state index is 12.9. The van der Waals surface area contributed by atoms with E-state index in [1.807, 2.05) is 0 Å². The summed E-state index contributed by atoms with van der Waals surface area (Å²) in [6.07, 6.45) is 77.0. The fourth-order valence-electron chi connectivity index (χ4n) is 9.56. The molecule has 73 heavy (non-hydrogen) atoms. The molecule has 0 rings (SSSR count). The second-order valence-electron chi connectivity index (χ2n) is 21.7. The van der Waals surface area contributed by atoms with E-state index in [0.717, 1.165) is 83.5 Å². The van der Waals surface area contributed by atoms with Gasteiger partial charge in [-0.3, -0.25) is 14.4 Å². The summed E-state index contributed by atoms with van der Waals surface area (Å²) in [6, 6.07) is 0. The monoisotopic (exact) mass is 1020 g/mol. The van der Waals surface area contributed by atoms with Crippen LogP contribution in [0.2, 0.25) is 0 Å². The number of carbonyl (C=O) groups is 3. The summed E-state index contributed by atoms with van der Waals surface area (Å²) in [6.45, 7) is 6.58. The summed E-state index contributed by atoms with van der Waals surface area (Å²) >= 11 is 0. The lowest BCUT2D eigenvalue weighted by molar-refractivity contribution is -0.167. The molecule has 0 saturated carbocycles. The van der Waals surface area contributed by atoms with Gasteiger partial charge in [-0.05, 0) is 57.8 Å². The molecule has 0 radical (unpaired) electrons. The van der Waals surface area contributed by atoms with Crippen molar-refractivity contribution in [1.29, 1.82) is 0 Å². The van der Waals surface area contributed by atoms with Crippen LogP contribution in [0.3, 0.4) is 0 Å². The number of ether oxygens (including phenoxy) is 3. The van der Waals surface area contributed by atoms with E-state index in [2.05, 4.69) is 69.4 Å². The lowest BCUT2D eigenvalue weighted by Crippen LogP contribution is -2.30. The maximum Gasteiger partial charge on any atom is 0.306 e. The van der Waals surface area contributed by atoms with E-state index in [1.165, 1.54) is 218 Å². The molecule has 0 spiro atoms. The molecule has 1 atom stereocenters. The molecule has 0 bridgehead atoms. The highest BCUT2D eigenvalue weighted by Crippen LogP contribution is 2.18. The van der Waals surface area contributed by atoms with Crippen molar-refractivity contribution in [3.63, 3.8) is 0 Å². The number of rotatable bonds is 59. The van der Waals surface area contributed by atoms with Gasteiger partial charge in [0.2, 0.25) is 0 Å².